The molecular weight excluding hydrogens is 521 g/mol. The Hall–Kier alpha value is -3.52. The molecule has 0 unspecified atom stereocenters. The fourth-order valence-corrected chi connectivity index (χ4v) is 5.02. The van der Waals surface area contributed by atoms with Gasteiger partial charge in [0.15, 0.2) is 0 Å². The van der Waals surface area contributed by atoms with E-state index in [1.807, 2.05) is 6.07 Å². The van der Waals surface area contributed by atoms with E-state index < -0.39 is 0 Å². The third-order valence-electron chi connectivity index (χ3n) is 5.72. The molecule has 0 bridgehead atoms. The van der Waals surface area contributed by atoms with Crippen LogP contribution in [0.3, 0.4) is 0 Å². The summed E-state index contributed by atoms with van der Waals surface area (Å²) in [5, 5.41) is 4.72. The molecule has 5 nitrogen and oxygen atoms in total. The summed E-state index contributed by atoms with van der Waals surface area (Å²) >= 11 is 8.09. The Kier molecular flexibility index (Phi) is 7.61. The zero-order chi connectivity index (χ0) is 26.7. The van der Waals surface area contributed by atoms with Gasteiger partial charge in [-0.25, -0.2) is 14.4 Å². The molecule has 5 aromatic rings. The molecule has 0 spiro atoms. The number of aromatic nitrogens is 2. The van der Waals surface area contributed by atoms with Crippen LogP contribution in [0.1, 0.15) is 31.9 Å². The van der Waals surface area contributed by atoms with Crippen molar-refractivity contribution in [3.8, 4) is 16.2 Å². The molecule has 5 rings (SSSR count). The van der Waals surface area contributed by atoms with E-state index in [-0.39, 0.29) is 18.0 Å². The lowest BCUT2D eigenvalue weighted by Gasteiger charge is -2.19. The molecule has 2 aromatic heterocycles. The Morgan fingerprint density at radius 3 is 2.47 bits per heavy atom. The van der Waals surface area contributed by atoms with Gasteiger partial charge in [0.2, 0.25) is 0 Å². The largest absolute Gasteiger partial charge is 0.487 e. The molecule has 0 aliphatic carbocycles. The summed E-state index contributed by atoms with van der Waals surface area (Å²) in [6, 6.07) is 22.2. The van der Waals surface area contributed by atoms with Gasteiger partial charge in [0.25, 0.3) is 0 Å². The summed E-state index contributed by atoms with van der Waals surface area (Å²) in [5.41, 5.74) is 3.57. The van der Waals surface area contributed by atoms with Gasteiger partial charge in [0.1, 0.15) is 35.1 Å². The van der Waals surface area contributed by atoms with Gasteiger partial charge in [0, 0.05) is 10.6 Å². The van der Waals surface area contributed by atoms with Gasteiger partial charge in [0.05, 0.1) is 22.6 Å². The molecule has 38 heavy (non-hydrogen) atoms. The number of rotatable bonds is 8. The average Bonchev–Trinajstić information content (AvgIpc) is 3.32. The monoisotopic (exact) mass is 547 g/mol. The first kappa shape index (κ1) is 26.1. The highest BCUT2D eigenvalue weighted by molar-refractivity contribution is 7.21. The Balaban J connectivity index is 1.30. The fraction of sp³-hybridized carbons (Fsp3) is 0.200. The molecule has 2 heterocycles. The van der Waals surface area contributed by atoms with Crippen LogP contribution in [0, 0.1) is 5.82 Å². The Morgan fingerprint density at radius 1 is 0.921 bits per heavy atom. The van der Waals surface area contributed by atoms with Crippen molar-refractivity contribution >= 4 is 44.7 Å². The number of thiophene rings is 1. The Bertz CT molecular complexity index is 1560. The van der Waals surface area contributed by atoms with E-state index >= 15 is 0 Å². The summed E-state index contributed by atoms with van der Waals surface area (Å²) in [7, 11) is 0. The van der Waals surface area contributed by atoms with Crippen molar-refractivity contribution in [3.05, 3.63) is 101 Å². The van der Waals surface area contributed by atoms with Crippen LogP contribution in [0.2, 0.25) is 5.02 Å². The average molecular weight is 548 g/mol. The zero-order valence-corrected chi connectivity index (χ0v) is 22.9. The van der Waals surface area contributed by atoms with Crippen LogP contribution in [0.25, 0.3) is 20.7 Å². The first-order chi connectivity index (χ1) is 18.2. The minimum atomic E-state index is -0.299. The van der Waals surface area contributed by atoms with Crippen LogP contribution in [-0.4, -0.2) is 15.6 Å². The lowest BCUT2D eigenvalue weighted by Crippen LogP contribution is -2.18. The smallest absolute Gasteiger partial charge is 0.142 e. The van der Waals surface area contributed by atoms with Gasteiger partial charge in [-0.05, 0) is 73.9 Å². The quantitative estimate of drug-likeness (QED) is 0.210. The number of ether oxygens (including phenoxy) is 2. The SMILES string of the molecule is CC(C)(C)OCc1ccc(-c2cc3c(Nc4ccc(OCc5cccc(F)c5)c(Cl)c4)ncnc3s2)cc1. The molecule has 0 fully saturated rings. The highest BCUT2D eigenvalue weighted by Crippen LogP contribution is 2.37. The predicted octanol–water partition coefficient (Wildman–Crippen LogP) is 8.79. The minimum Gasteiger partial charge on any atom is -0.487 e. The van der Waals surface area contributed by atoms with E-state index in [0.717, 1.165) is 37.5 Å². The predicted molar refractivity (Wildman–Crippen MR) is 153 cm³/mol. The number of benzene rings is 3. The van der Waals surface area contributed by atoms with Gasteiger partial charge in [-0.2, -0.15) is 0 Å². The van der Waals surface area contributed by atoms with E-state index in [1.165, 1.54) is 12.1 Å². The van der Waals surface area contributed by atoms with Crippen LogP contribution in [-0.2, 0) is 18.0 Å². The molecule has 8 heteroatoms. The van der Waals surface area contributed by atoms with Gasteiger partial charge in [-0.3, -0.25) is 0 Å². The van der Waals surface area contributed by atoms with E-state index in [4.69, 9.17) is 21.1 Å². The number of nitrogens with one attached hydrogen (secondary N) is 1. The standard InChI is InChI=1S/C30H27ClFN3O2S/c1-30(2,3)37-17-19-7-9-21(10-8-19)27-15-24-28(33-18-34-29(24)38-27)35-23-11-12-26(25(31)14-23)36-16-20-5-4-6-22(32)13-20/h4-15,18H,16-17H2,1-3H3,(H,33,34,35). The number of hydrogen-bond donors (Lipinski definition) is 1. The Labute approximate surface area is 230 Å². The lowest BCUT2D eigenvalue weighted by molar-refractivity contribution is -0.0149. The van der Waals surface area contributed by atoms with Crippen molar-refractivity contribution in [1.82, 2.24) is 9.97 Å². The molecule has 0 aliphatic heterocycles. The molecule has 0 saturated heterocycles. The van der Waals surface area contributed by atoms with Crippen molar-refractivity contribution in [1.29, 1.82) is 0 Å². The van der Waals surface area contributed by atoms with E-state index in [1.54, 1.807) is 41.9 Å². The Morgan fingerprint density at radius 2 is 1.74 bits per heavy atom. The van der Waals surface area contributed by atoms with Crippen LogP contribution in [0.4, 0.5) is 15.9 Å². The number of nitrogens with zero attached hydrogens (tertiary/aromatic N) is 2. The van der Waals surface area contributed by atoms with Crippen LogP contribution in [0.15, 0.2) is 79.1 Å². The molecule has 3 aromatic carbocycles. The molecule has 0 saturated carbocycles. The molecule has 1 N–H and O–H groups in total. The minimum absolute atomic E-state index is 0.174. The lowest BCUT2D eigenvalue weighted by atomic mass is 10.1. The van der Waals surface area contributed by atoms with Crippen LogP contribution >= 0.6 is 22.9 Å². The van der Waals surface area contributed by atoms with E-state index in [0.29, 0.717) is 23.2 Å². The normalized spacial score (nSPS) is 11.6. The van der Waals surface area contributed by atoms with Crippen molar-refractivity contribution < 1.29 is 13.9 Å². The van der Waals surface area contributed by atoms with Crippen molar-refractivity contribution in [2.24, 2.45) is 0 Å². The topological polar surface area (TPSA) is 56.3 Å². The molecule has 0 atom stereocenters. The number of hydrogen-bond acceptors (Lipinski definition) is 6. The summed E-state index contributed by atoms with van der Waals surface area (Å²) in [5.74, 6) is 0.910. The van der Waals surface area contributed by atoms with Gasteiger partial charge < -0.3 is 14.8 Å². The van der Waals surface area contributed by atoms with Crippen molar-refractivity contribution in [2.45, 2.75) is 39.6 Å². The summed E-state index contributed by atoms with van der Waals surface area (Å²) in [6.07, 6.45) is 1.55. The molecule has 194 valence electrons. The van der Waals surface area contributed by atoms with Crippen molar-refractivity contribution in [2.75, 3.05) is 5.32 Å². The highest BCUT2D eigenvalue weighted by Gasteiger charge is 2.13. The van der Waals surface area contributed by atoms with E-state index in [9.17, 15) is 4.39 Å². The van der Waals surface area contributed by atoms with Crippen LogP contribution in [0.5, 0.6) is 5.75 Å². The van der Waals surface area contributed by atoms with Gasteiger partial charge >= 0.3 is 0 Å². The summed E-state index contributed by atoms with van der Waals surface area (Å²) in [6.45, 7) is 6.95. The molecule has 0 radical (unpaired) electrons. The third-order valence-corrected chi connectivity index (χ3v) is 7.11. The maximum atomic E-state index is 13.4. The second kappa shape index (κ2) is 11.1. The molecular formula is C30H27ClFN3O2S. The second-order valence-electron chi connectivity index (χ2n) is 9.84. The first-order valence-corrected chi connectivity index (χ1v) is 13.3. The van der Waals surface area contributed by atoms with Crippen LogP contribution < -0.4 is 10.1 Å². The number of halogens is 2. The molecule has 0 aliphatic rings. The summed E-state index contributed by atoms with van der Waals surface area (Å²) < 4.78 is 25.1. The zero-order valence-electron chi connectivity index (χ0n) is 21.3. The number of anilines is 2. The third kappa shape index (κ3) is 6.48. The number of fused-ring (bicyclic) bond motifs is 1. The van der Waals surface area contributed by atoms with E-state index in [2.05, 4.69) is 66.4 Å². The second-order valence-corrected chi connectivity index (χ2v) is 11.3. The molecule has 0 amide bonds. The van der Waals surface area contributed by atoms with Crippen molar-refractivity contribution in [3.63, 3.8) is 0 Å². The highest BCUT2D eigenvalue weighted by atomic mass is 35.5. The van der Waals surface area contributed by atoms with Gasteiger partial charge in [-0.1, -0.05) is 48.0 Å². The maximum absolute atomic E-state index is 13.4. The summed E-state index contributed by atoms with van der Waals surface area (Å²) in [4.78, 5) is 10.9. The first-order valence-electron chi connectivity index (χ1n) is 12.2. The van der Waals surface area contributed by atoms with Gasteiger partial charge in [-0.15, -0.1) is 11.3 Å². The fourth-order valence-electron chi connectivity index (χ4n) is 3.78. The maximum Gasteiger partial charge on any atom is 0.142 e.